The van der Waals surface area contributed by atoms with Crippen LogP contribution in [0.3, 0.4) is 0 Å². The molecule has 0 fully saturated rings. The summed E-state index contributed by atoms with van der Waals surface area (Å²) in [6.45, 7) is 6.22. The molecule has 0 saturated heterocycles. The van der Waals surface area contributed by atoms with Crippen molar-refractivity contribution in [3.63, 3.8) is 0 Å². The van der Waals surface area contributed by atoms with Crippen LogP contribution in [0.2, 0.25) is 0 Å². The molecule has 1 aromatic heterocycles. The van der Waals surface area contributed by atoms with Gasteiger partial charge in [0.1, 0.15) is 0 Å². The molecule has 0 spiro atoms. The predicted molar refractivity (Wildman–Crippen MR) is 50.6 cm³/mol. The lowest BCUT2D eigenvalue weighted by Gasteiger charge is -2.13. The fourth-order valence-corrected chi connectivity index (χ4v) is 1.72. The van der Waals surface area contributed by atoms with Crippen molar-refractivity contribution in [3.05, 3.63) is 14.8 Å². The molecular formula is C7H9Br2NO. The summed E-state index contributed by atoms with van der Waals surface area (Å²) >= 11 is 6.64. The van der Waals surface area contributed by atoms with Gasteiger partial charge in [-0.2, -0.15) is 0 Å². The summed E-state index contributed by atoms with van der Waals surface area (Å²) < 4.78 is 6.75. The van der Waals surface area contributed by atoms with Crippen molar-refractivity contribution in [1.82, 2.24) is 5.16 Å². The second-order valence-electron chi connectivity index (χ2n) is 3.37. The van der Waals surface area contributed by atoms with Gasteiger partial charge >= 0.3 is 0 Å². The Kier molecular flexibility index (Phi) is 2.44. The van der Waals surface area contributed by atoms with Crippen molar-refractivity contribution in [1.29, 1.82) is 0 Å². The standard InChI is InChI=1S/C7H9Br2NO/c1-7(2,3)5-4(8)6(9)10-11-5/h1-3H3. The Balaban J connectivity index is 3.15. The monoisotopic (exact) mass is 281 g/mol. The van der Waals surface area contributed by atoms with Crippen LogP contribution in [0.15, 0.2) is 13.6 Å². The normalized spacial score (nSPS) is 12.1. The van der Waals surface area contributed by atoms with Crippen LogP contribution < -0.4 is 0 Å². The molecule has 2 nitrogen and oxygen atoms in total. The maximum Gasteiger partial charge on any atom is 0.163 e. The summed E-state index contributed by atoms with van der Waals surface area (Å²) in [6, 6.07) is 0. The van der Waals surface area contributed by atoms with Crippen molar-refractivity contribution in [2.75, 3.05) is 0 Å². The minimum atomic E-state index is -0.00213. The van der Waals surface area contributed by atoms with Crippen LogP contribution in [0.5, 0.6) is 0 Å². The Morgan fingerprint density at radius 1 is 1.27 bits per heavy atom. The van der Waals surface area contributed by atoms with Crippen LogP contribution >= 0.6 is 31.9 Å². The molecule has 0 aliphatic heterocycles. The van der Waals surface area contributed by atoms with Crippen molar-refractivity contribution in [2.45, 2.75) is 26.2 Å². The molecule has 4 heteroatoms. The first-order chi connectivity index (χ1) is 4.93. The van der Waals surface area contributed by atoms with E-state index in [0.717, 1.165) is 14.8 Å². The van der Waals surface area contributed by atoms with E-state index in [1.54, 1.807) is 0 Å². The molecule has 62 valence electrons. The largest absolute Gasteiger partial charge is 0.358 e. The lowest BCUT2D eigenvalue weighted by atomic mass is 9.94. The van der Waals surface area contributed by atoms with E-state index in [-0.39, 0.29) is 5.41 Å². The SMILES string of the molecule is CC(C)(C)c1onc(Br)c1Br. The number of halogens is 2. The number of nitrogens with zero attached hydrogens (tertiary/aromatic N) is 1. The fraction of sp³-hybridized carbons (Fsp3) is 0.571. The highest BCUT2D eigenvalue weighted by Gasteiger charge is 2.24. The minimum Gasteiger partial charge on any atom is -0.358 e. The van der Waals surface area contributed by atoms with E-state index in [2.05, 4.69) is 57.8 Å². The van der Waals surface area contributed by atoms with Crippen LogP contribution in [-0.2, 0) is 5.41 Å². The first kappa shape index (κ1) is 9.26. The molecule has 0 bridgehead atoms. The van der Waals surface area contributed by atoms with Gasteiger partial charge in [0.25, 0.3) is 0 Å². The second kappa shape index (κ2) is 2.90. The molecule has 0 unspecified atom stereocenters. The molecular weight excluding hydrogens is 274 g/mol. The lowest BCUT2D eigenvalue weighted by molar-refractivity contribution is 0.326. The topological polar surface area (TPSA) is 26.0 Å². The van der Waals surface area contributed by atoms with Gasteiger partial charge in [-0.15, -0.1) is 0 Å². The Morgan fingerprint density at radius 3 is 2.00 bits per heavy atom. The Labute approximate surface area is 82.6 Å². The van der Waals surface area contributed by atoms with Gasteiger partial charge in [0.15, 0.2) is 10.4 Å². The van der Waals surface area contributed by atoms with Crippen molar-refractivity contribution < 1.29 is 4.52 Å². The maximum atomic E-state index is 5.12. The van der Waals surface area contributed by atoms with Crippen molar-refractivity contribution in [3.8, 4) is 0 Å². The third-order valence-corrected chi connectivity index (χ3v) is 3.09. The molecule has 1 rings (SSSR count). The van der Waals surface area contributed by atoms with Crippen LogP contribution in [0.25, 0.3) is 0 Å². The molecule has 1 heterocycles. The van der Waals surface area contributed by atoms with E-state index in [9.17, 15) is 0 Å². The lowest BCUT2D eigenvalue weighted by Crippen LogP contribution is -2.10. The zero-order valence-corrected chi connectivity index (χ0v) is 9.78. The van der Waals surface area contributed by atoms with E-state index >= 15 is 0 Å². The predicted octanol–water partition coefficient (Wildman–Crippen LogP) is 3.50. The van der Waals surface area contributed by atoms with Gasteiger partial charge in [-0.1, -0.05) is 25.9 Å². The van der Waals surface area contributed by atoms with Crippen molar-refractivity contribution >= 4 is 31.9 Å². The van der Waals surface area contributed by atoms with Crippen LogP contribution in [0.1, 0.15) is 26.5 Å². The Hall–Kier alpha value is 0.170. The molecule has 0 aromatic carbocycles. The fourth-order valence-electron chi connectivity index (χ4n) is 0.726. The highest BCUT2D eigenvalue weighted by molar-refractivity contribution is 9.13. The first-order valence-electron chi connectivity index (χ1n) is 3.24. The van der Waals surface area contributed by atoms with Gasteiger partial charge in [0, 0.05) is 5.41 Å². The van der Waals surface area contributed by atoms with Gasteiger partial charge in [-0.25, -0.2) is 0 Å². The van der Waals surface area contributed by atoms with Crippen LogP contribution in [0.4, 0.5) is 0 Å². The molecule has 11 heavy (non-hydrogen) atoms. The quantitative estimate of drug-likeness (QED) is 0.728. The van der Waals surface area contributed by atoms with Crippen LogP contribution in [-0.4, -0.2) is 5.16 Å². The number of hydrogen-bond acceptors (Lipinski definition) is 2. The van der Waals surface area contributed by atoms with Gasteiger partial charge in [0.2, 0.25) is 0 Å². The molecule has 0 radical (unpaired) electrons. The summed E-state index contributed by atoms with van der Waals surface area (Å²) in [5.41, 5.74) is -0.00213. The summed E-state index contributed by atoms with van der Waals surface area (Å²) in [6.07, 6.45) is 0. The average Bonchev–Trinajstić information content (AvgIpc) is 2.11. The Bertz CT molecular complexity index is 262. The van der Waals surface area contributed by atoms with E-state index < -0.39 is 0 Å². The highest BCUT2D eigenvalue weighted by Crippen LogP contribution is 2.34. The van der Waals surface area contributed by atoms with Crippen molar-refractivity contribution in [2.24, 2.45) is 0 Å². The molecule has 0 aliphatic rings. The number of hydrogen-bond donors (Lipinski definition) is 0. The highest BCUT2D eigenvalue weighted by atomic mass is 79.9. The summed E-state index contributed by atoms with van der Waals surface area (Å²) in [5.74, 6) is 0.865. The number of aromatic nitrogens is 1. The van der Waals surface area contributed by atoms with Gasteiger partial charge in [0.05, 0.1) is 4.47 Å². The Morgan fingerprint density at radius 2 is 1.82 bits per heavy atom. The molecule has 0 saturated carbocycles. The van der Waals surface area contributed by atoms with Gasteiger partial charge < -0.3 is 4.52 Å². The first-order valence-corrected chi connectivity index (χ1v) is 4.82. The van der Waals surface area contributed by atoms with E-state index in [1.165, 1.54) is 0 Å². The minimum absolute atomic E-state index is 0.00213. The molecule has 0 aliphatic carbocycles. The third-order valence-electron chi connectivity index (χ3n) is 1.28. The average molecular weight is 283 g/mol. The second-order valence-corrected chi connectivity index (χ2v) is 4.91. The summed E-state index contributed by atoms with van der Waals surface area (Å²) in [4.78, 5) is 0. The van der Waals surface area contributed by atoms with Gasteiger partial charge in [-0.05, 0) is 31.9 Å². The maximum absolute atomic E-state index is 5.12. The summed E-state index contributed by atoms with van der Waals surface area (Å²) in [5, 5.41) is 3.78. The zero-order chi connectivity index (χ0) is 8.65. The smallest absolute Gasteiger partial charge is 0.163 e. The van der Waals surface area contributed by atoms with Crippen LogP contribution in [0, 0.1) is 0 Å². The van der Waals surface area contributed by atoms with E-state index in [1.807, 2.05) is 0 Å². The van der Waals surface area contributed by atoms with E-state index in [4.69, 9.17) is 4.52 Å². The summed E-state index contributed by atoms with van der Waals surface area (Å²) in [7, 11) is 0. The zero-order valence-electron chi connectivity index (χ0n) is 6.61. The van der Waals surface area contributed by atoms with Gasteiger partial charge in [-0.3, -0.25) is 0 Å². The van der Waals surface area contributed by atoms with E-state index in [0.29, 0.717) is 0 Å². The molecule has 0 amide bonds. The third kappa shape index (κ3) is 1.85. The molecule has 1 aromatic rings. The molecule has 0 N–H and O–H groups in total. The number of rotatable bonds is 0. The molecule has 0 atom stereocenters.